The van der Waals surface area contributed by atoms with Crippen molar-refractivity contribution in [2.24, 2.45) is 0 Å². The highest BCUT2D eigenvalue weighted by Crippen LogP contribution is 2.55. The summed E-state index contributed by atoms with van der Waals surface area (Å²) >= 11 is 0. The van der Waals surface area contributed by atoms with E-state index in [-0.39, 0.29) is 5.41 Å². The molecule has 0 atom stereocenters. The predicted octanol–water partition coefficient (Wildman–Crippen LogP) is 10.6. The number of benzene rings is 5. The molecule has 1 nitrogen and oxygen atoms in total. The molecule has 1 aliphatic carbocycles. The van der Waals surface area contributed by atoms with Crippen molar-refractivity contribution in [1.29, 1.82) is 0 Å². The summed E-state index contributed by atoms with van der Waals surface area (Å²) < 4.78 is 0. The van der Waals surface area contributed by atoms with Crippen molar-refractivity contribution in [3.63, 3.8) is 0 Å². The van der Waals surface area contributed by atoms with Crippen molar-refractivity contribution in [2.75, 3.05) is 0 Å². The number of aromatic nitrogens is 1. The zero-order valence-corrected chi connectivity index (χ0v) is 24.8. The maximum Gasteiger partial charge on any atom is 0.0780 e. The SMILES string of the molecule is Cc1ccc(C2(CCCCc3cccc(-c4nccc5ccccc45)c3)c3cc(C)ccc3-c3ccc(C)cc32)cc1. The summed E-state index contributed by atoms with van der Waals surface area (Å²) in [5.74, 6) is 0. The van der Waals surface area contributed by atoms with Crippen LogP contribution in [0.2, 0.25) is 0 Å². The molecule has 0 saturated heterocycles. The van der Waals surface area contributed by atoms with E-state index in [2.05, 4.69) is 136 Å². The van der Waals surface area contributed by atoms with Crippen molar-refractivity contribution in [1.82, 2.24) is 4.98 Å². The predicted molar refractivity (Wildman–Crippen MR) is 177 cm³/mol. The van der Waals surface area contributed by atoms with E-state index >= 15 is 0 Å². The second-order valence-electron chi connectivity index (χ2n) is 12.2. The van der Waals surface area contributed by atoms with Gasteiger partial charge in [-0.1, -0.05) is 126 Å². The van der Waals surface area contributed by atoms with E-state index in [9.17, 15) is 0 Å². The van der Waals surface area contributed by atoms with Crippen LogP contribution >= 0.6 is 0 Å². The van der Waals surface area contributed by atoms with Gasteiger partial charge in [0.15, 0.2) is 0 Å². The molecule has 1 heteroatoms. The van der Waals surface area contributed by atoms with Crippen LogP contribution in [0.1, 0.15) is 58.2 Å². The molecule has 0 spiro atoms. The zero-order chi connectivity index (χ0) is 28.7. The Kier molecular flexibility index (Phi) is 6.75. The van der Waals surface area contributed by atoms with E-state index in [1.165, 1.54) is 66.4 Å². The van der Waals surface area contributed by atoms with Gasteiger partial charge in [-0.05, 0) is 90.9 Å². The highest BCUT2D eigenvalue weighted by molar-refractivity contribution is 5.94. The van der Waals surface area contributed by atoms with Gasteiger partial charge in [-0.25, -0.2) is 0 Å². The third-order valence-electron chi connectivity index (χ3n) is 9.25. The Bertz CT molecular complexity index is 1850. The Labute approximate surface area is 249 Å². The standard InChI is InChI=1S/C41H37N/c1-28-14-18-34(19-15-28)41(38-25-29(2)16-20-36(38)37-21-17-30(3)26-39(37)41)23-7-6-9-31-10-8-12-33(27-31)40-35-13-5-4-11-32(35)22-24-42-40/h4-5,8,10-22,24-27H,6-7,9,23H2,1-3H3. The number of hydrogen-bond acceptors (Lipinski definition) is 1. The first-order valence-electron chi connectivity index (χ1n) is 15.3. The number of unbranched alkanes of at least 4 members (excludes halogenated alkanes) is 1. The van der Waals surface area contributed by atoms with Gasteiger partial charge in [0.25, 0.3) is 0 Å². The van der Waals surface area contributed by atoms with Gasteiger partial charge in [0.05, 0.1) is 5.69 Å². The lowest BCUT2D eigenvalue weighted by atomic mass is 9.68. The van der Waals surface area contributed by atoms with E-state index in [0.717, 1.165) is 31.4 Å². The Hall–Kier alpha value is -4.49. The maximum atomic E-state index is 4.77. The summed E-state index contributed by atoms with van der Waals surface area (Å²) in [6, 6.07) is 43.1. The fourth-order valence-corrected chi connectivity index (χ4v) is 7.14. The minimum atomic E-state index is -0.134. The molecule has 7 rings (SSSR count). The largest absolute Gasteiger partial charge is 0.256 e. The summed E-state index contributed by atoms with van der Waals surface area (Å²) in [4.78, 5) is 4.77. The van der Waals surface area contributed by atoms with Crippen molar-refractivity contribution in [3.05, 3.63) is 160 Å². The van der Waals surface area contributed by atoms with Crippen LogP contribution in [0.3, 0.4) is 0 Å². The third kappa shape index (κ3) is 4.54. The summed E-state index contributed by atoms with van der Waals surface area (Å²) in [5, 5.41) is 2.44. The van der Waals surface area contributed by atoms with Crippen LogP contribution in [0.4, 0.5) is 0 Å². The molecule has 0 radical (unpaired) electrons. The molecular weight excluding hydrogens is 506 g/mol. The van der Waals surface area contributed by atoms with E-state index in [4.69, 9.17) is 4.98 Å². The molecule has 0 aliphatic heterocycles. The summed E-state index contributed by atoms with van der Waals surface area (Å²) in [6.07, 6.45) is 6.36. The molecule has 42 heavy (non-hydrogen) atoms. The second kappa shape index (κ2) is 10.7. The van der Waals surface area contributed by atoms with Crippen LogP contribution in [0.5, 0.6) is 0 Å². The van der Waals surface area contributed by atoms with Gasteiger partial charge in [-0.3, -0.25) is 4.98 Å². The number of nitrogens with zero attached hydrogens (tertiary/aromatic N) is 1. The molecule has 0 bridgehead atoms. The molecule has 5 aromatic carbocycles. The van der Waals surface area contributed by atoms with Crippen molar-refractivity contribution in [2.45, 2.75) is 51.9 Å². The fraction of sp³-hybridized carbons (Fsp3) is 0.195. The first kappa shape index (κ1) is 26.4. The molecule has 0 saturated carbocycles. The molecule has 0 N–H and O–H groups in total. The zero-order valence-electron chi connectivity index (χ0n) is 24.8. The van der Waals surface area contributed by atoms with Gasteiger partial charge in [-0.2, -0.15) is 0 Å². The molecule has 0 fully saturated rings. The third-order valence-corrected chi connectivity index (χ3v) is 9.25. The Morgan fingerprint density at radius 1 is 0.595 bits per heavy atom. The number of pyridine rings is 1. The average molecular weight is 544 g/mol. The molecule has 1 aromatic heterocycles. The van der Waals surface area contributed by atoms with E-state index in [1.54, 1.807) is 0 Å². The van der Waals surface area contributed by atoms with Crippen LogP contribution in [0.25, 0.3) is 33.2 Å². The van der Waals surface area contributed by atoms with Gasteiger partial charge in [-0.15, -0.1) is 0 Å². The highest BCUT2D eigenvalue weighted by atomic mass is 14.7. The van der Waals surface area contributed by atoms with Crippen LogP contribution in [0, 0.1) is 20.8 Å². The second-order valence-corrected chi connectivity index (χ2v) is 12.2. The number of fused-ring (bicyclic) bond motifs is 4. The first-order chi connectivity index (χ1) is 20.5. The quantitative estimate of drug-likeness (QED) is 0.183. The smallest absolute Gasteiger partial charge is 0.0780 e. The minimum Gasteiger partial charge on any atom is -0.256 e. The monoisotopic (exact) mass is 543 g/mol. The Morgan fingerprint density at radius 2 is 1.29 bits per heavy atom. The lowest BCUT2D eigenvalue weighted by molar-refractivity contribution is 0.527. The molecule has 6 aromatic rings. The van der Waals surface area contributed by atoms with E-state index < -0.39 is 0 Å². The molecule has 206 valence electrons. The minimum absolute atomic E-state index is 0.134. The van der Waals surface area contributed by atoms with Crippen molar-refractivity contribution in [3.8, 4) is 22.4 Å². The van der Waals surface area contributed by atoms with Gasteiger partial charge in [0.1, 0.15) is 0 Å². The van der Waals surface area contributed by atoms with Crippen LogP contribution in [-0.4, -0.2) is 4.98 Å². The van der Waals surface area contributed by atoms with Crippen LogP contribution < -0.4 is 0 Å². The lowest BCUT2D eigenvalue weighted by Crippen LogP contribution is -2.27. The van der Waals surface area contributed by atoms with Gasteiger partial charge >= 0.3 is 0 Å². The van der Waals surface area contributed by atoms with E-state index in [0.29, 0.717) is 0 Å². The normalized spacial score (nSPS) is 13.2. The van der Waals surface area contributed by atoms with Crippen LogP contribution in [0.15, 0.2) is 121 Å². The summed E-state index contributed by atoms with van der Waals surface area (Å²) in [7, 11) is 0. The topological polar surface area (TPSA) is 12.9 Å². The van der Waals surface area contributed by atoms with Crippen LogP contribution in [-0.2, 0) is 11.8 Å². The molecule has 1 heterocycles. The Balaban J connectivity index is 1.20. The number of rotatable bonds is 7. The van der Waals surface area contributed by atoms with E-state index in [1.807, 2.05) is 6.20 Å². The van der Waals surface area contributed by atoms with Gasteiger partial charge in [0.2, 0.25) is 0 Å². The summed E-state index contributed by atoms with van der Waals surface area (Å²) in [5.41, 5.74) is 14.6. The van der Waals surface area contributed by atoms with Crippen molar-refractivity contribution >= 4 is 10.8 Å². The number of hydrogen-bond donors (Lipinski definition) is 0. The first-order valence-corrected chi connectivity index (χ1v) is 15.3. The summed E-state index contributed by atoms with van der Waals surface area (Å²) in [6.45, 7) is 6.64. The number of aryl methyl sites for hydroxylation is 4. The fourth-order valence-electron chi connectivity index (χ4n) is 7.14. The maximum absolute atomic E-state index is 4.77. The van der Waals surface area contributed by atoms with Crippen molar-refractivity contribution < 1.29 is 0 Å². The molecular formula is C41H37N. The highest BCUT2D eigenvalue weighted by Gasteiger charge is 2.44. The van der Waals surface area contributed by atoms with Gasteiger partial charge < -0.3 is 0 Å². The molecule has 0 unspecified atom stereocenters. The lowest BCUT2D eigenvalue weighted by Gasteiger charge is -2.34. The van der Waals surface area contributed by atoms with Gasteiger partial charge in [0, 0.05) is 22.6 Å². The molecule has 0 amide bonds. The molecule has 1 aliphatic rings. The Morgan fingerprint density at radius 3 is 2.02 bits per heavy atom. The average Bonchev–Trinajstić information content (AvgIpc) is 3.28.